The molecule has 0 aliphatic rings. The summed E-state index contributed by atoms with van der Waals surface area (Å²) in [7, 11) is 0. The molecule has 45 heavy (non-hydrogen) atoms. The molecule has 4 heterocycles. The Morgan fingerprint density at radius 1 is 0.556 bits per heavy atom. The van der Waals surface area contributed by atoms with Crippen LogP contribution in [0, 0.1) is 0 Å². The highest BCUT2D eigenvalue weighted by Crippen LogP contribution is 2.42. The molecule has 10 aromatic rings. The second kappa shape index (κ2) is 9.11. The molecule has 0 radical (unpaired) electrons. The third-order valence-electron chi connectivity index (χ3n) is 8.63. The van der Waals surface area contributed by atoms with Crippen LogP contribution in [0.25, 0.3) is 88.6 Å². The highest BCUT2D eigenvalue weighted by molar-refractivity contribution is 6.24. The van der Waals surface area contributed by atoms with Crippen LogP contribution in [-0.4, -0.2) is 24.1 Å². The van der Waals surface area contributed by atoms with Crippen LogP contribution in [0.4, 0.5) is 0 Å². The van der Waals surface area contributed by atoms with Crippen molar-refractivity contribution in [2.24, 2.45) is 0 Å². The van der Waals surface area contributed by atoms with Gasteiger partial charge in [-0.2, -0.15) is 4.98 Å². The van der Waals surface area contributed by atoms with Gasteiger partial charge in [-0.1, -0.05) is 84.9 Å². The Labute approximate surface area is 262 Å². The molecule has 4 aromatic heterocycles. The van der Waals surface area contributed by atoms with Gasteiger partial charge >= 0.3 is 0 Å². The smallest absolute Gasteiger partial charge is 0.238 e. The molecule has 0 spiro atoms. The second-order valence-corrected chi connectivity index (χ2v) is 11.0. The van der Waals surface area contributed by atoms with Gasteiger partial charge in [0.1, 0.15) is 17.5 Å². The Balaban J connectivity index is 1.35. The molecule has 0 N–H and O–H groups in total. The van der Waals surface area contributed by atoms with Gasteiger partial charge in [-0.25, -0.2) is 9.97 Å². The van der Waals surface area contributed by atoms with Crippen molar-refractivity contribution in [3.63, 3.8) is 0 Å². The van der Waals surface area contributed by atoms with Gasteiger partial charge in [0.25, 0.3) is 0 Å². The Hall–Kier alpha value is -6.27. The van der Waals surface area contributed by atoms with E-state index in [9.17, 15) is 2.74 Å². The summed E-state index contributed by atoms with van der Waals surface area (Å²) in [6.07, 6.45) is 1.40. The Kier molecular flexibility index (Phi) is 4.17. The fourth-order valence-electron chi connectivity index (χ4n) is 6.79. The molecule has 0 aliphatic heterocycles. The van der Waals surface area contributed by atoms with Crippen LogP contribution in [0.1, 0.15) is 5.48 Å². The number of fused-ring (bicyclic) bond motifs is 10. The molecule has 6 nitrogen and oxygen atoms in total. The summed E-state index contributed by atoms with van der Waals surface area (Å²) >= 11 is 0. The SMILES string of the molecule is [2H]c1c([2H])c([2H])c(-n2c3ccccc3c3ccc4oc5ccccc5c4c32)c(-c2ncnc(-n3c4ccccc4c4ccccc43)n2)c1[2H]. The maximum atomic E-state index is 9.38. The zero-order valence-corrected chi connectivity index (χ0v) is 23.6. The van der Waals surface area contributed by atoms with Crippen LogP contribution in [0.2, 0.25) is 0 Å². The lowest BCUT2D eigenvalue weighted by Gasteiger charge is -2.14. The average molecular weight is 582 g/mol. The molecular formula is C39H23N5O. The lowest BCUT2D eigenvalue weighted by molar-refractivity contribution is 0.669. The first-order chi connectivity index (χ1) is 24.0. The summed E-state index contributed by atoms with van der Waals surface area (Å²) in [6.45, 7) is 0. The molecule has 0 saturated carbocycles. The van der Waals surface area contributed by atoms with Gasteiger partial charge in [0.05, 0.1) is 38.6 Å². The molecule has 0 bridgehead atoms. The summed E-state index contributed by atoms with van der Waals surface area (Å²) in [4.78, 5) is 14.1. The maximum absolute atomic E-state index is 9.38. The fraction of sp³-hybridized carbons (Fsp3) is 0. The van der Waals surface area contributed by atoms with Gasteiger partial charge < -0.3 is 8.98 Å². The number of aromatic nitrogens is 5. The van der Waals surface area contributed by atoms with E-state index in [1.165, 1.54) is 6.33 Å². The number of benzene rings is 6. The van der Waals surface area contributed by atoms with Gasteiger partial charge in [-0.05, 0) is 48.5 Å². The van der Waals surface area contributed by atoms with Gasteiger partial charge in [0.2, 0.25) is 5.95 Å². The number of furan rings is 1. The third kappa shape index (κ3) is 3.36. The molecular weight excluding hydrogens is 554 g/mol. The Morgan fingerprint density at radius 2 is 1.18 bits per heavy atom. The minimum atomic E-state index is -0.373. The van der Waals surface area contributed by atoms with Crippen LogP contribution >= 0.6 is 0 Å². The molecule has 6 aromatic carbocycles. The number of hydrogen-bond acceptors (Lipinski definition) is 4. The van der Waals surface area contributed by atoms with Crippen LogP contribution in [0.15, 0.2) is 144 Å². The van der Waals surface area contributed by atoms with E-state index >= 15 is 0 Å². The molecule has 6 heteroatoms. The minimum absolute atomic E-state index is 0.129. The van der Waals surface area contributed by atoms with Crippen LogP contribution in [-0.2, 0) is 0 Å². The molecule has 0 aliphatic carbocycles. The first kappa shape index (κ1) is 20.6. The van der Waals surface area contributed by atoms with Gasteiger partial charge in [-0.3, -0.25) is 4.57 Å². The van der Waals surface area contributed by atoms with Crippen molar-refractivity contribution in [3.05, 3.63) is 140 Å². The Bertz CT molecular complexity index is 2960. The van der Waals surface area contributed by atoms with Crippen molar-refractivity contribution in [3.8, 4) is 23.0 Å². The van der Waals surface area contributed by atoms with Crippen molar-refractivity contribution in [2.45, 2.75) is 0 Å². The molecule has 0 atom stereocenters. The second-order valence-electron chi connectivity index (χ2n) is 11.0. The molecule has 10 rings (SSSR count). The zero-order valence-electron chi connectivity index (χ0n) is 27.6. The van der Waals surface area contributed by atoms with Crippen molar-refractivity contribution in [1.29, 1.82) is 0 Å². The number of rotatable bonds is 3. The van der Waals surface area contributed by atoms with E-state index in [1.54, 1.807) is 0 Å². The molecule has 0 saturated heterocycles. The summed E-state index contributed by atoms with van der Waals surface area (Å²) in [6, 6.07) is 34.6. The lowest BCUT2D eigenvalue weighted by atomic mass is 10.1. The quantitative estimate of drug-likeness (QED) is 0.208. The fourth-order valence-corrected chi connectivity index (χ4v) is 6.79. The molecule has 210 valence electrons. The van der Waals surface area contributed by atoms with E-state index < -0.39 is 0 Å². The van der Waals surface area contributed by atoms with Crippen LogP contribution in [0.3, 0.4) is 0 Å². The highest BCUT2D eigenvalue weighted by atomic mass is 16.3. The van der Waals surface area contributed by atoms with Crippen LogP contribution in [0.5, 0.6) is 0 Å². The van der Waals surface area contributed by atoms with E-state index in [4.69, 9.17) is 12.1 Å². The van der Waals surface area contributed by atoms with Gasteiger partial charge in [0.15, 0.2) is 5.82 Å². The maximum Gasteiger partial charge on any atom is 0.238 e. The normalized spacial score (nSPS) is 13.2. The standard InChI is InChI=1S/C39H23N5O/c1-7-17-31-24(11-1)25-12-2-8-18-32(25)44(31)39-41-23-40-38(42-39)28-14-4-9-19-33(28)43-30-16-6-3-13-26(30)27-21-22-35-36(37(27)43)29-15-5-10-20-34(29)45-35/h1-23H/i4D,9D,14D,19D. The number of hydrogen-bond donors (Lipinski definition) is 0. The van der Waals surface area contributed by atoms with Crippen molar-refractivity contribution in [1.82, 2.24) is 24.1 Å². The van der Waals surface area contributed by atoms with Gasteiger partial charge in [0, 0.05) is 32.5 Å². The number of para-hydroxylation sites is 5. The summed E-state index contributed by atoms with van der Waals surface area (Å²) in [5, 5.41) is 5.71. The first-order valence-corrected chi connectivity index (χ1v) is 14.6. The largest absolute Gasteiger partial charge is 0.456 e. The Morgan fingerprint density at radius 3 is 1.93 bits per heavy atom. The molecule has 0 amide bonds. The predicted octanol–water partition coefficient (Wildman–Crippen LogP) is 9.63. The zero-order chi connectivity index (χ0) is 33.0. The predicted molar refractivity (Wildman–Crippen MR) is 181 cm³/mol. The van der Waals surface area contributed by atoms with E-state index in [0.29, 0.717) is 11.5 Å². The van der Waals surface area contributed by atoms with E-state index in [-0.39, 0.29) is 41.2 Å². The molecule has 0 unspecified atom stereocenters. The topological polar surface area (TPSA) is 61.7 Å². The lowest BCUT2D eigenvalue weighted by Crippen LogP contribution is -2.05. The summed E-state index contributed by atoms with van der Waals surface area (Å²) in [5.74, 6) is 0.468. The number of nitrogens with zero attached hydrogens (tertiary/aromatic N) is 5. The minimum Gasteiger partial charge on any atom is -0.456 e. The van der Waals surface area contributed by atoms with E-state index in [2.05, 4.69) is 22.1 Å². The molecule has 0 fully saturated rings. The van der Waals surface area contributed by atoms with Crippen molar-refractivity contribution >= 4 is 65.6 Å². The highest BCUT2D eigenvalue weighted by Gasteiger charge is 2.22. The van der Waals surface area contributed by atoms with Gasteiger partial charge in [-0.15, -0.1) is 0 Å². The third-order valence-corrected chi connectivity index (χ3v) is 8.63. The van der Waals surface area contributed by atoms with Crippen LogP contribution < -0.4 is 0 Å². The van der Waals surface area contributed by atoms with E-state index in [1.807, 2.05) is 106 Å². The summed E-state index contributed by atoms with van der Waals surface area (Å²) < 4.78 is 46.4. The monoisotopic (exact) mass is 581 g/mol. The van der Waals surface area contributed by atoms with E-state index in [0.717, 1.165) is 60.0 Å². The summed E-state index contributed by atoms with van der Waals surface area (Å²) in [5.41, 5.74) is 5.18. The van der Waals surface area contributed by atoms with Crippen molar-refractivity contribution < 1.29 is 9.90 Å². The van der Waals surface area contributed by atoms with Crippen molar-refractivity contribution in [2.75, 3.05) is 0 Å². The first-order valence-electron chi connectivity index (χ1n) is 16.6. The average Bonchev–Trinajstić information content (AvgIpc) is 3.80.